The second kappa shape index (κ2) is 5.25. The highest BCUT2D eigenvalue weighted by molar-refractivity contribution is 7.86. The summed E-state index contributed by atoms with van der Waals surface area (Å²) in [5.41, 5.74) is 0. The monoisotopic (exact) mass is 236 g/mol. The lowest BCUT2D eigenvalue weighted by molar-refractivity contribution is 0.0505. The number of hydrogen-bond acceptors (Lipinski definition) is 3. The van der Waals surface area contributed by atoms with Crippen molar-refractivity contribution in [2.24, 2.45) is 0 Å². The Kier molecular flexibility index (Phi) is 4.51. The minimum Gasteiger partial charge on any atom is -0.390 e. The van der Waals surface area contributed by atoms with Gasteiger partial charge in [-0.15, -0.1) is 0 Å². The van der Waals surface area contributed by atoms with Crippen molar-refractivity contribution in [3.63, 3.8) is 0 Å². The normalized spacial score (nSPS) is 19.5. The molecular weight excluding hydrogens is 216 g/mol. The van der Waals surface area contributed by atoms with E-state index >= 15 is 0 Å². The van der Waals surface area contributed by atoms with Gasteiger partial charge < -0.3 is 5.11 Å². The molecule has 90 valence electrons. The van der Waals surface area contributed by atoms with Gasteiger partial charge in [0.2, 0.25) is 0 Å². The summed E-state index contributed by atoms with van der Waals surface area (Å²) >= 11 is 0. The van der Waals surface area contributed by atoms with Crippen LogP contribution in [0.3, 0.4) is 0 Å². The summed E-state index contributed by atoms with van der Waals surface area (Å²) in [6.07, 6.45) is 1.15. The molecule has 0 radical (unpaired) electrons. The highest BCUT2D eigenvalue weighted by atomic mass is 32.2. The molecule has 6 heteroatoms. The van der Waals surface area contributed by atoms with Gasteiger partial charge in [-0.2, -0.15) is 17.0 Å². The van der Waals surface area contributed by atoms with Gasteiger partial charge in [0.1, 0.15) is 0 Å². The summed E-state index contributed by atoms with van der Waals surface area (Å²) in [4.78, 5) is 0. The fraction of sp³-hybridized carbons (Fsp3) is 1.00. The highest BCUT2D eigenvalue weighted by Gasteiger charge is 2.37. The van der Waals surface area contributed by atoms with E-state index in [-0.39, 0.29) is 13.1 Å². The molecule has 0 aromatic rings. The molecule has 15 heavy (non-hydrogen) atoms. The molecule has 1 fully saturated rings. The van der Waals surface area contributed by atoms with E-state index in [0.29, 0.717) is 13.1 Å². The van der Waals surface area contributed by atoms with Crippen molar-refractivity contribution < 1.29 is 13.5 Å². The van der Waals surface area contributed by atoms with Gasteiger partial charge in [-0.05, 0) is 12.8 Å². The van der Waals surface area contributed by atoms with Crippen LogP contribution in [-0.4, -0.2) is 54.4 Å². The molecule has 0 amide bonds. The molecule has 1 N–H and O–H groups in total. The molecule has 1 aliphatic heterocycles. The number of rotatable bonds is 6. The molecule has 1 heterocycles. The number of aliphatic hydroxyl groups excluding tert-OH is 1. The van der Waals surface area contributed by atoms with Crippen molar-refractivity contribution >= 4 is 10.2 Å². The predicted octanol–water partition coefficient (Wildman–Crippen LogP) is 0.0297. The molecule has 0 aromatic heterocycles. The van der Waals surface area contributed by atoms with Gasteiger partial charge >= 0.3 is 0 Å². The maximum atomic E-state index is 12.0. The van der Waals surface area contributed by atoms with Crippen molar-refractivity contribution in [2.75, 3.05) is 26.2 Å². The first kappa shape index (κ1) is 12.9. The van der Waals surface area contributed by atoms with Crippen LogP contribution >= 0.6 is 0 Å². The van der Waals surface area contributed by atoms with Crippen molar-refractivity contribution in [1.29, 1.82) is 0 Å². The van der Waals surface area contributed by atoms with E-state index in [1.807, 2.05) is 13.8 Å². The first-order valence-electron chi connectivity index (χ1n) is 5.45. The molecule has 0 saturated carbocycles. The van der Waals surface area contributed by atoms with Crippen LogP contribution < -0.4 is 0 Å². The molecule has 0 aromatic carbocycles. The Morgan fingerprint density at radius 1 is 1.27 bits per heavy atom. The third-order valence-corrected chi connectivity index (χ3v) is 4.40. The Hall–Kier alpha value is -0.170. The quantitative estimate of drug-likeness (QED) is 0.708. The zero-order chi connectivity index (χ0) is 11.5. The average molecular weight is 236 g/mol. The van der Waals surface area contributed by atoms with Crippen LogP contribution in [0.5, 0.6) is 0 Å². The van der Waals surface area contributed by atoms with Gasteiger partial charge in [-0.1, -0.05) is 13.8 Å². The van der Waals surface area contributed by atoms with Gasteiger partial charge in [0.25, 0.3) is 10.2 Å². The second-order valence-electron chi connectivity index (χ2n) is 3.88. The summed E-state index contributed by atoms with van der Waals surface area (Å²) in [6, 6.07) is 0. The average Bonchev–Trinajstić information content (AvgIpc) is 2.12. The largest absolute Gasteiger partial charge is 0.390 e. The first-order chi connectivity index (χ1) is 7.02. The van der Waals surface area contributed by atoms with Gasteiger partial charge in [0, 0.05) is 26.2 Å². The minimum atomic E-state index is -3.31. The number of nitrogens with zero attached hydrogens (tertiary/aromatic N) is 2. The standard InChI is InChI=1S/C9H20N2O3S/c1-3-5-10(6-4-2)15(13,14)11-7-9(12)8-11/h9,12H,3-8H2,1-2H3. The zero-order valence-corrected chi connectivity index (χ0v) is 10.2. The molecule has 0 spiro atoms. The van der Waals surface area contributed by atoms with E-state index in [4.69, 9.17) is 5.11 Å². The number of β-amino-alcohol motifs (C(OH)–C–C–N with tert-alkyl or cyclic N) is 1. The maximum absolute atomic E-state index is 12.0. The van der Waals surface area contributed by atoms with Gasteiger partial charge in [-0.25, -0.2) is 0 Å². The van der Waals surface area contributed by atoms with Crippen LogP contribution in [0, 0.1) is 0 Å². The zero-order valence-electron chi connectivity index (χ0n) is 9.39. The van der Waals surface area contributed by atoms with Crippen molar-refractivity contribution in [1.82, 2.24) is 8.61 Å². The second-order valence-corrected chi connectivity index (χ2v) is 5.81. The summed E-state index contributed by atoms with van der Waals surface area (Å²) in [5.74, 6) is 0. The predicted molar refractivity (Wildman–Crippen MR) is 58.7 cm³/mol. The molecular formula is C9H20N2O3S. The Morgan fingerprint density at radius 2 is 1.73 bits per heavy atom. The van der Waals surface area contributed by atoms with Gasteiger partial charge in [-0.3, -0.25) is 0 Å². The lowest BCUT2D eigenvalue weighted by atomic mass is 10.2. The Labute approximate surface area is 91.9 Å². The Bertz CT molecular complexity index is 280. The molecule has 1 rings (SSSR count). The lowest BCUT2D eigenvalue weighted by Gasteiger charge is -2.38. The van der Waals surface area contributed by atoms with Crippen LogP contribution in [0.25, 0.3) is 0 Å². The molecule has 0 aliphatic carbocycles. The summed E-state index contributed by atoms with van der Waals surface area (Å²) in [5, 5.41) is 9.10. The smallest absolute Gasteiger partial charge is 0.282 e. The van der Waals surface area contributed by atoms with Gasteiger partial charge in [0.05, 0.1) is 6.10 Å². The molecule has 0 bridgehead atoms. The Balaban J connectivity index is 2.64. The summed E-state index contributed by atoms with van der Waals surface area (Å²) in [7, 11) is -3.31. The fourth-order valence-electron chi connectivity index (χ4n) is 1.61. The van der Waals surface area contributed by atoms with Crippen molar-refractivity contribution in [3.8, 4) is 0 Å². The van der Waals surface area contributed by atoms with Crippen LogP contribution in [0.4, 0.5) is 0 Å². The third-order valence-electron chi connectivity index (χ3n) is 2.43. The first-order valence-corrected chi connectivity index (χ1v) is 6.85. The van der Waals surface area contributed by atoms with E-state index in [1.165, 1.54) is 8.61 Å². The highest BCUT2D eigenvalue weighted by Crippen LogP contribution is 2.17. The maximum Gasteiger partial charge on any atom is 0.282 e. The third kappa shape index (κ3) is 2.90. The Morgan fingerprint density at radius 3 is 2.07 bits per heavy atom. The SMILES string of the molecule is CCCN(CCC)S(=O)(=O)N1CC(O)C1. The van der Waals surface area contributed by atoms with Crippen molar-refractivity contribution in [3.05, 3.63) is 0 Å². The van der Waals surface area contributed by atoms with E-state index in [1.54, 1.807) is 0 Å². The molecule has 1 saturated heterocycles. The molecule has 5 nitrogen and oxygen atoms in total. The lowest BCUT2D eigenvalue weighted by Crippen LogP contribution is -2.57. The van der Waals surface area contributed by atoms with E-state index < -0.39 is 16.3 Å². The summed E-state index contributed by atoms with van der Waals surface area (Å²) < 4.78 is 26.8. The number of aliphatic hydroxyl groups is 1. The fourth-order valence-corrected chi connectivity index (χ4v) is 3.48. The molecule has 0 atom stereocenters. The van der Waals surface area contributed by atoms with Crippen LogP contribution in [0.15, 0.2) is 0 Å². The topological polar surface area (TPSA) is 60.9 Å². The van der Waals surface area contributed by atoms with E-state index in [0.717, 1.165) is 12.8 Å². The van der Waals surface area contributed by atoms with Crippen LogP contribution in [0.2, 0.25) is 0 Å². The van der Waals surface area contributed by atoms with Crippen LogP contribution in [0.1, 0.15) is 26.7 Å². The minimum absolute atomic E-state index is 0.242. The van der Waals surface area contributed by atoms with Crippen LogP contribution in [-0.2, 0) is 10.2 Å². The number of hydrogen-bond donors (Lipinski definition) is 1. The van der Waals surface area contributed by atoms with Crippen molar-refractivity contribution in [2.45, 2.75) is 32.8 Å². The molecule has 0 unspecified atom stereocenters. The van der Waals surface area contributed by atoms with E-state index in [2.05, 4.69) is 0 Å². The summed E-state index contributed by atoms with van der Waals surface area (Å²) in [6.45, 7) is 5.52. The molecule has 1 aliphatic rings. The van der Waals surface area contributed by atoms with Gasteiger partial charge in [0.15, 0.2) is 0 Å². The van der Waals surface area contributed by atoms with E-state index in [9.17, 15) is 8.42 Å².